The van der Waals surface area contributed by atoms with Crippen molar-refractivity contribution in [3.05, 3.63) is 33.7 Å². The maximum absolute atomic E-state index is 12.5. The number of carbonyl (C=O) groups is 1. The minimum Gasteiger partial charge on any atom is -0.304 e. The molecule has 0 aromatic heterocycles. The minimum atomic E-state index is -4.96. The van der Waals surface area contributed by atoms with Crippen molar-refractivity contribution in [3.8, 4) is 0 Å². The highest BCUT2D eigenvalue weighted by atomic mass is 35.5. The third kappa shape index (κ3) is 2.56. The molecule has 0 bridgehead atoms. The van der Waals surface area contributed by atoms with Gasteiger partial charge in [-0.3, -0.25) is 4.79 Å². The summed E-state index contributed by atoms with van der Waals surface area (Å²) in [6.07, 6.45) is -4.92. The van der Waals surface area contributed by atoms with Crippen LogP contribution in [0.2, 0.25) is 5.02 Å². The van der Waals surface area contributed by atoms with Crippen LogP contribution in [0.15, 0.2) is 23.4 Å². The van der Waals surface area contributed by atoms with Crippen LogP contribution in [0.5, 0.6) is 0 Å². The first-order valence-corrected chi connectivity index (χ1v) is 5.73. The van der Waals surface area contributed by atoms with Crippen molar-refractivity contribution < 1.29 is 18.0 Å². The Morgan fingerprint density at radius 3 is 2.68 bits per heavy atom. The van der Waals surface area contributed by atoms with E-state index in [-0.39, 0.29) is 29.2 Å². The van der Waals surface area contributed by atoms with Crippen molar-refractivity contribution in [2.24, 2.45) is 5.18 Å². The van der Waals surface area contributed by atoms with E-state index in [4.69, 9.17) is 11.6 Å². The molecule has 1 amide bonds. The maximum atomic E-state index is 12.5. The molecule has 1 aromatic carbocycles. The molecule has 4 nitrogen and oxygen atoms in total. The molecule has 8 heteroatoms. The van der Waals surface area contributed by atoms with Crippen LogP contribution in [0.25, 0.3) is 0 Å². The van der Waals surface area contributed by atoms with Gasteiger partial charge >= 0.3 is 12.1 Å². The molecular formula is C11H8ClF3N2O2. The number of rotatable bonds is 1. The number of nitrogens with zero attached hydrogens (tertiary/aromatic N) is 2. The van der Waals surface area contributed by atoms with Crippen molar-refractivity contribution in [3.63, 3.8) is 0 Å². The van der Waals surface area contributed by atoms with Gasteiger partial charge in [0.1, 0.15) is 6.04 Å². The van der Waals surface area contributed by atoms with E-state index in [0.717, 1.165) is 0 Å². The van der Waals surface area contributed by atoms with Crippen molar-refractivity contribution >= 4 is 23.2 Å². The van der Waals surface area contributed by atoms with Gasteiger partial charge < -0.3 is 4.90 Å². The van der Waals surface area contributed by atoms with Crippen molar-refractivity contribution in [1.82, 2.24) is 0 Å². The second-order valence-corrected chi connectivity index (χ2v) is 4.50. The largest absolute Gasteiger partial charge is 0.471 e. The van der Waals surface area contributed by atoms with E-state index >= 15 is 0 Å². The normalized spacial score (nSPS) is 18.9. The number of hydrogen-bond acceptors (Lipinski definition) is 3. The second-order valence-electron chi connectivity index (χ2n) is 4.07. The van der Waals surface area contributed by atoms with E-state index in [9.17, 15) is 22.9 Å². The van der Waals surface area contributed by atoms with E-state index in [1.165, 1.54) is 18.2 Å². The summed E-state index contributed by atoms with van der Waals surface area (Å²) in [6, 6.07) is 3.23. The van der Waals surface area contributed by atoms with Crippen LogP contribution in [0.4, 0.5) is 18.9 Å². The number of anilines is 1. The molecule has 1 unspecified atom stereocenters. The molecule has 0 N–H and O–H groups in total. The third-order valence-corrected chi connectivity index (χ3v) is 3.12. The molecule has 0 aliphatic carbocycles. The quantitative estimate of drug-likeness (QED) is 0.744. The molecular weight excluding hydrogens is 285 g/mol. The summed E-state index contributed by atoms with van der Waals surface area (Å²) >= 11 is 5.75. The first-order valence-electron chi connectivity index (χ1n) is 5.35. The van der Waals surface area contributed by atoms with Crippen molar-refractivity contribution in [2.75, 3.05) is 11.4 Å². The lowest BCUT2D eigenvalue weighted by atomic mass is 9.97. The Bertz CT molecular complexity index is 533. The number of carbonyl (C=O) groups excluding carboxylic acids is 1. The molecule has 1 atom stereocenters. The number of alkyl halides is 3. The minimum absolute atomic E-state index is 0.0302. The van der Waals surface area contributed by atoms with Crippen LogP contribution in [0.3, 0.4) is 0 Å². The van der Waals surface area contributed by atoms with Gasteiger partial charge in [0.15, 0.2) is 0 Å². The summed E-state index contributed by atoms with van der Waals surface area (Å²) in [7, 11) is 0. The van der Waals surface area contributed by atoms with Crippen LogP contribution in [0, 0.1) is 4.91 Å². The summed E-state index contributed by atoms with van der Waals surface area (Å²) in [5.41, 5.74) is 0.272. The Morgan fingerprint density at radius 2 is 2.11 bits per heavy atom. The van der Waals surface area contributed by atoms with Crippen LogP contribution in [-0.4, -0.2) is 18.6 Å². The Labute approximate surface area is 111 Å². The molecule has 1 aliphatic heterocycles. The molecule has 1 heterocycles. The molecule has 0 saturated carbocycles. The molecule has 102 valence electrons. The molecule has 0 fully saturated rings. The Morgan fingerprint density at radius 1 is 1.42 bits per heavy atom. The molecule has 19 heavy (non-hydrogen) atoms. The average molecular weight is 293 g/mol. The van der Waals surface area contributed by atoms with Crippen LogP contribution >= 0.6 is 11.6 Å². The van der Waals surface area contributed by atoms with Crippen molar-refractivity contribution in [1.29, 1.82) is 0 Å². The van der Waals surface area contributed by atoms with E-state index in [1.54, 1.807) is 0 Å². The van der Waals surface area contributed by atoms with Gasteiger partial charge in [0.25, 0.3) is 0 Å². The lowest BCUT2D eigenvalue weighted by molar-refractivity contribution is -0.170. The Hall–Kier alpha value is -1.63. The van der Waals surface area contributed by atoms with Gasteiger partial charge in [-0.05, 0) is 24.6 Å². The molecule has 0 spiro atoms. The molecule has 1 aromatic rings. The lowest BCUT2D eigenvalue weighted by Crippen LogP contribution is -2.44. The zero-order chi connectivity index (χ0) is 14.2. The monoisotopic (exact) mass is 292 g/mol. The molecule has 2 rings (SSSR count). The maximum Gasteiger partial charge on any atom is 0.471 e. The van der Waals surface area contributed by atoms with Gasteiger partial charge in [-0.2, -0.15) is 18.1 Å². The van der Waals surface area contributed by atoms with Gasteiger partial charge in [-0.25, -0.2) is 0 Å². The summed E-state index contributed by atoms with van der Waals surface area (Å²) in [5, 5.41) is 3.13. The number of halogens is 4. The number of amides is 1. The highest BCUT2D eigenvalue weighted by molar-refractivity contribution is 6.30. The first kappa shape index (κ1) is 13.8. The SMILES string of the molecule is O=NC1CCN(C(=O)C(F)(F)F)c2ccc(Cl)cc21. The van der Waals surface area contributed by atoms with Gasteiger partial charge in [-0.1, -0.05) is 16.8 Å². The summed E-state index contributed by atoms with van der Waals surface area (Å²) in [4.78, 5) is 22.6. The highest BCUT2D eigenvalue weighted by Gasteiger charge is 2.45. The Balaban J connectivity index is 2.47. The first-order chi connectivity index (χ1) is 8.84. The van der Waals surface area contributed by atoms with Crippen molar-refractivity contribution in [2.45, 2.75) is 18.6 Å². The summed E-state index contributed by atoms with van der Waals surface area (Å²) in [6.45, 7) is -0.205. The van der Waals surface area contributed by atoms with Crippen LogP contribution in [-0.2, 0) is 4.79 Å². The molecule has 0 saturated heterocycles. The van der Waals surface area contributed by atoms with Crippen LogP contribution in [0.1, 0.15) is 18.0 Å². The van der Waals surface area contributed by atoms with Crippen LogP contribution < -0.4 is 4.90 Å². The highest BCUT2D eigenvalue weighted by Crippen LogP contribution is 2.39. The predicted octanol–water partition coefficient (Wildman–Crippen LogP) is 3.45. The van der Waals surface area contributed by atoms with Gasteiger partial charge in [0, 0.05) is 22.8 Å². The smallest absolute Gasteiger partial charge is 0.304 e. The fraction of sp³-hybridized carbons (Fsp3) is 0.364. The van der Waals surface area contributed by atoms with Gasteiger partial charge in [-0.15, -0.1) is 0 Å². The molecule has 1 aliphatic rings. The van der Waals surface area contributed by atoms with E-state index < -0.39 is 18.1 Å². The lowest BCUT2D eigenvalue weighted by Gasteiger charge is -2.32. The van der Waals surface area contributed by atoms with Gasteiger partial charge in [0.2, 0.25) is 0 Å². The second kappa shape index (κ2) is 4.80. The summed E-state index contributed by atoms with van der Waals surface area (Å²) < 4.78 is 37.5. The Kier molecular flexibility index (Phi) is 3.49. The average Bonchev–Trinajstić information content (AvgIpc) is 2.35. The zero-order valence-corrected chi connectivity index (χ0v) is 10.2. The van der Waals surface area contributed by atoms with Gasteiger partial charge in [0.05, 0.1) is 0 Å². The number of fused-ring (bicyclic) bond motifs is 1. The predicted molar refractivity (Wildman–Crippen MR) is 63.0 cm³/mol. The standard InChI is InChI=1S/C11H8ClF3N2O2/c12-6-1-2-9-7(5-6)8(16-19)3-4-17(9)10(18)11(13,14)15/h1-2,5,8H,3-4H2. The zero-order valence-electron chi connectivity index (χ0n) is 9.45. The number of hydrogen-bond donors (Lipinski definition) is 0. The fourth-order valence-corrected chi connectivity index (χ4v) is 2.22. The fourth-order valence-electron chi connectivity index (χ4n) is 2.04. The van der Waals surface area contributed by atoms with E-state index in [0.29, 0.717) is 4.90 Å². The van der Waals surface area contributed by atoms with E-state index in [1.807, 2.05) is 0 Å². The summed E-state index contributed by atoms with van der Waals surface area (Å²) in [5.74, 6) is -1.96. The number of benzene rings is 1. The third-order valence-electron chi connectivity index (χ3n) is 2.88. The molecule has 0 radical (unpaired) electrons. The topological polar surface area (TPSA) is 49.7 Å². The number of nitroso groups, excluding NO2 is 1. The van der Waals surface area contributed by atoms with E-state index in [2.05, 4.69) is 5.18 Å².